The van der Waals surface area contributed by atoms with Crippen LogP contribution in [0.4, 0.5) is 0 Å². The molecular weight excluding hydrogens is 208 g/mol. The Morgan fingerprint density at radius 3 is 2.73 bits per heavy atom. The predicted octanol–water partition coefficient (Wildman–Crippen LogP) is 2.89. The van der Waals surface area contributed by atoms with Gasteiger partial charge < -0.3 is 0 Å². The van der Waals surface area contributed by atoms with Crippen LogP contribution in [-0.4, -0.2) is 22.0 Å². The highest BCUT2D eigenvalue weighted by atomic mass is 35.5. The maximum absolute atomic E-state index is 5.88. The average molecular weight is 225 g/mol. The van der Waals surface area contributed by atoms with Crippen molar-refractivity contribution in [2.75, 3.05) is 6.54 Å². The van der Waals surface area contributed by atoms with Crippen molar-refractivity contribution < 1.29 is 0 Å². The third-order valence-corrected chi connectivity index (χ3v) is 3.22. The minimum Gasteiger partial charge on any atom is -0.294 e. The van der Waals surface area contributed by atoms with Gasteiger partial charge in [-0.1, -0.05) is 11.6 Å². The van der Waals surface area contributed by atoms with E-state index in [2.05, 4.69) is 30.7 Å². The van der Waals surface area contributed by atoms with Gasteiger partial charge in [-0.25, -0.2) is 4.98 Å². The van der Waals surface area contributed by atoms with Crippen molar-refractivity contribution in [3.63, 3.8) is 0 Å². The summed E-state index contributed by atoms with van der Waals surface area (Å²) in [5, 5.41) is 0.609. The minimum absolute atomic E-state index is 0.233. The highest BCUT2D eigenvalue weighted by Gasteiger charge is 2.25. The molecule has 2 heterocycles. The van der Waals surface area contributed by atoms with E-state index >= 15 is 0 Å². The van der Waals surface area contributed by atoms with E-state index in [0.29, 0.717) is 5.15 Å². The Morgan fingerprint density at radius 2 is 2.07 bits per heavy atom. The maximum Gasteiger partial charge on any atom is 0.129 e. The monoisotopic (exact) mass is 224 g/mol. The molecule has 1 aliphatic rings. The summed E-state index contributed by atoms with van der Waals surface area (Å²) in [5.74, 6) is 0. The number of hydrogen-bond acceptors (Lipinski definition) is 2. The minimum atomic E-state index is 0.233. The van der Waals surface area contributed by atoms with Crippen molar-refractivity contribution >= 4 is 11.6 Å². The van der Waals surface area contributed by atoms with Crippen LogP contribution >= 0.6 is 11.6 Å². The molecule has 2 rings (SSSR count). The topological polar surface area (TPSA) is 16.1 Å². The van der Waals surface area contributed by atoms with Crippen LogP contribution in [-0.2, 0) is 13.0 Å². The number of aromatic nitrogens is 1. The van der Waals surface area contributed by atoms with Gasteiger partial charge in [-0.2, -0.15) is 0 Å². The quantitative estimate of drug-likeness (QED) is 0.630. The van der Waals surface area contributed by atoms with Crippen LogP contribution < -0.4 is 0 Å². The van der Waals surface area contributed by atoms with Gasteiger partial charge in [-0.05, 0) is 44.4 Å². The molecule has 0 spiro atoms. The standard InChI is InChI=1S/C12H17ClN2/c1-12(2,3)15-5-4-9-6-11(13)14-7-10(9)8-15/h6-7H,4-5,8H2,1-3H3. The van der Waals surface area contributed by atoms with Gasteiger partial charge in [0.2, 0.25) is 0 Å². The van der Waals surface area contributed by atoms with Gasteiger partial charge in [0.25, 0.3) is 0 Å². The van der Waals surface area contributed by atoms with Gasteiger partial charge in [0.1, 0.15) is 5.15 Å². The van der Waals surface area contributed by atoms with Gasteiger partial charge in [0, 0.05) is 24.8 Å². The van der Waals surface area contributed by atoms with E-state index in [1.807, 2.05) is 12.3 Å². The molecule has 2 nitrogen and oxygen atoms in total. The highest BCUT2D eigenvalue weighted by Crippen LogP contribution is 2.25. The first-order valence-corrected chi connectivity index (χ1v) is 5.73. The molecule has 1 aliphatic heterocycles. The van der Waals surface area contributed by atoms with Gasteiger partial charge in [-0.3, -0.25) is 4.90 Å². The van der Waals surface area contributed by atoms with E-state index < -0.39 is 0 Å². The van der Waals surface area contributed by atoms with Crippen molar-refractivity contribution in [2.24, 2.45) is 0 Å². The zero-order chi connectivity index (χ0) is 11.1. The zero-order valence-electron chi connectivity index (χ0n) is 9.55. The van der Waals surface area contributed by atoms with E-state index in [1.54, 1.807) is 0 Å². The normalized spacial score (nSPS) is 17.6. The van der Waals surface area contributed by atoms with Crippen LogP contribution in [0.25, 0.3) is 0 Å². The fourth-order valence-electron chi connectivity index (χ4n) is 1.98. The van der Waals surface area contributed by atoms with Crippen molar-refractivity contribution in [3.8, 4) is 0 Å². The SMILES string of the molecule is CC(C)(C)N1CCc2cc(Cl)ncc2C1. The molecule has 3 heteroatoms. The van der Waals surface area contributed by atoms with E-state index in [0.717, 1.165) is 19.5 Å². The summed E-state index contributed by atoms with van der Waals surface area (Å²) in [6.45, 7) is 8.85. The Hall–Kier alpha value is -0.600. The fourth-order valence-corrected chi connectivity index (χ4v) is 2.16. The van der Waals surface area contributed by atoms with Crippen LogP contribution in [0, 0.1) is 0 Å². The molecule has 1 aromatic rings. The predicted molar refractivity (Wildman–Crippen MR) is 63.1 cm³/mol. The smallest absolute Gasteiger partial charge is 0.129 e. The second-order valence-corrected chi connectivity index (χ2v) is 5.51. The first-order chi connectivity index (χ1) is 6.97. The van der Waals surface area contributed by atoms with Crippen LogP contribution in [0.1, 0.15) is 31.9 Å². The molecule has 0 saturated heterocycles. The Labute approximate surface area is 96.3 Å². The van der Waals surface area contributed by atoms with Crippen LogP contribution in [0.15, 0.2) is 12.3 Å². The highest BCUT2D eigenvalue weighted by molar-refractivity contribution is 6.29. The number of fused-ring (bicyclic) bond motifs is 1. The van der Waals surface area contributed by atoms with Crippen LogP contribution in [0.3, 0.4) is 0 Å². The van der Waals surface area contributed by atoms with Gasteiger partial charge in [-0.15, -0.1) is 0 Å². The summed E-state index contributed by atoms with van der Waals surface area (Å²) in [5.41, 5.74) is 2.91. The number of hydrogen-bond donors (Lipinski definition) is 0. The third-order valence-electron chi connectivity index (χ3n) is 3.01. The average Bonchev–Trinajstić information content (AvgIpc) is 2.15. The molecular formula is C12H17ClN2. The van der Waals surface area contributed by atoms with Gasteiger partial charge in [0.05, 0.1) is 0 Å². The molecule has 0 amide bonds. The van der Waals surface area contributed by atoms with Crippen molar-refractivity contribution in [1.29, 1.82) is 0 Å². The molecule has 0 aliphatic carbocycles. The van der Waals surface area contributed by atoms with Crippen molar-refractivity contribution in [2.45, 2.75) is 39.3 Å². The van der Waals surface area contributed by atoms with Crippen LogP contribution in [0.2, 0.25) is 5.15 Å². The van der Waals surface area contributed by atoms with E-state index in [4.69, 9.17) is 11.6 Å². The van der Waals surface area contributed by atoms with Crippen LogP contribution in [0.5, 0.6) is 0 Å². The van der Waals surface area contributed by atoms with Gasteiger partial charge in [0.15, 0.2) is 0 Å². The number of nitrogens with zero attached hydrogens (tertiary/aromatic N) is 2. The molecule has 82 valence electrons. The molecule has 0 saturated carbocycles. The lowest BCUT2D eigenvalue weighted by Gasteiger charge is -2.39. The number of halogens is 1. The lowest BCUT2D eigenvalue weighted by atomic mass is 9.97. The second kappa shape index (κ2) is 3.76. The number of pyridine rings is 1. The maximum atomic E-state index is 5.88. The molecule has 0 radical (unpaired) electrons. The second-order valence-electron chi connectivity index (χ2n) is 5.12. The molecule has 0 bridgehead atoms. The molecule has 0 N–H and O–H groups in total. The molecule has 0 aromatic carbocycles. The summed E-state index contributed by atoms with van der Waals surface area (Å²) in [6.07, 6.45) is 2.99. The lowest BCUT2D eigenvalue weighted by Crippen LogP contribution is -2.44. The molecule has 1 aromatic heterocycles. The first-order valence-electron chi connectivity index (χ1n) is 5.35. The van der Waals surface area contributed by atoms with E-state index in [-0.39, 0.29) is 5.54 Å². The van der Waals surface area contributed by atoms with Gasteiger partial charge >= 0.3 is 0 Å². The third kappa shape index (κ3) is 2.32. The lowest BCUT2D eigenvalue weighted by molar-refractivity contribution is 0.120. The Morgan fingerprint density at radius 1 is 1.33 bits per heavy atom. The molecule has 0 fully saturated rings. The summed E-state index contributed by atoms with van der Waals surface area (Å²) in [4.78, 5) is 6.62. The summed E-state index contributed by atoms with van der Waals surface area (Å²) >= 11 is 5.88. The number of rotatable bonds is 0. The Balaban J connectivity index is 2.24. The Bertz CT molecular complexity index is 368. The zero-order valence-corrected chi connectivity index (χ0v) is 10.3. The molecule has 15 heavy (non-hydrogen) atoms. The van der Waals surface area contributed by atoms with Crippen molar-refractivity contribution in [1.82, 2.24) is 9.88 Å². The largest absolute Gasteiger partial charge is 0.294 e. The molecule has 0 atom stereocenters. The Kier molecular flexibility index (Phi) is 2.73. The summed E-state index contributed by atoms with van der Waals surface area (Å²) in [7, 11) is 0. The summed E-state index contributed by atoms with van der Waals surface area (Å²) < 4.78 is 0. The van der Waals surface area contributed by atoms with E-state index in [9.17, 15) is 0 Å². The van der Waals surface area contributed by atoms with Crippen molar-refractivity contribution in [3.05, 3.63) is 28.5 Å². The van der Waals surface area contributed by atoms with E-state index in [1.165, 1.54) is 11.1 Å². The first kappa shape index (κ1) is 10.9. The fraction of sp³-hybridized carbons (Fsp3) is 0.583. The summed E-state index contributed by atoms with van der Waals surface area (Å²) in [6, 6.07) is 2.00. The molecule has 0 unspecified atom stereocenters.